The van der Waals surface area contributed by atoms with Crippen LogP contribution in [0.5, 0.6) is 5.75 Å². The van der Waals surface area contributed by atoms with Crippen LogP contribution in [0.3, 0.4) is 0 Å². The Kier molecular flexibility index (Phi) is 2.83. The summed E-state index contributed by atoms with van der Waals surface area (Å²) in [5.74, 6) is 0.372. The zero-order valence-corrected chi connectivity index (χ0v) is 10.4. The molecule has 0 heterocycles. The predicted molar refractivity (Wildman–Crippen MR) is 67.9 cm³/mol. The summed E-state index contributed by atoms with van der Waals surface area (Å²) in [6.07, 6.45) is 3.84. The second-order valence-electron chi connectivity index (χ2n) is 5.58. The number of nitrogens with one attached hydrogen (secondary N) is 1. The average molecular weight is 219 g/mol. The first kappa shape index (κ1) is 11.3. The van der Waals surface area contributed by atoms with Crippen LogP contribution in [0.2, 0.25) is 0 Å². The minimum absolute atomic E-state index is 0.372. The Morgan fingerprint density at radius 3 is 2.69 bits per heavy atom. The lowest BCUT2D eigenvalue weighted by molar-refractivity contribution is 0.350. The largest absolute Gasteiger partial charge is 0.508 e. The molecule has 1 aliphatic carbocycles. The number of rotatable bonds is 2. The van der Waals surface area contributed by atoms with Gasteiger partial charge in [0, 0.05) is 11.7 Å². The molecule has 0 bridgehead atoms. The van der Waals surface area contributed by atoms with Crippen LogP contribution in [0.1, 0.15) is 38.7 Å². The van der Waals surface area contributed by atoms with Crippen LogP contribution in [0.25, 0.3) is 0 Å². The molecule has 2 nitrogen and oxygen atoms in total. The molecule has 2 N–H and O–H groups in total. The Morgan fingerprint density at radius 2 is 2.12 bits per heavy atom. The molecule has 0 amide bonds. The van der Waals surface area contributed by atoms with E-state index >= 15 is 0 Å². The summed E-state index contributed by atoms with van der Waals surface area (Å²) in [4.78, 5) is 0. The first-order valence-electron chi connectivity index (χ1n) is 6.05. The monoisotopic (exact) mass is 219 g/mol. The summed E-state index contributed by atoms with van der Waals surface area (Å²) >= 11 is 0. The van der Waals surface area contributed by atoms with Gasteiger partial charge in [-0.25, -0.2) is 0 Å². The van der Waals surface area contributed by atoms with Crippen molar-refractivity contribution in [3.05, 3.63) is 23.8 Å². The molecule has 2 rings (SSSR count). The van der Waals surface area contributed by atoms with E-state index in [-0.39, 0.29) is 0 Å². The highest BCUT2D eigenvalue weighted by atomic mass is 16.3. The molecule has 1 aromatic rings. The fraction of sp³-hybridized carbons (Fsp3) is 0.571. The molecule has 0 saturated heterocycles. The summed E-state index contributed by atoms with van der Waals surface area (Å²) in [6.45, 7) is 6.58. The van der Waals surface area contributed by atoms with Gasteiger partial charge in [-0.15, -0.1) is 0 Å². The number of anilines is 1. The van der Waals surface area contributed by atoms with E-state index in [0.29, 0.717) is 17.2 Å². The second-order valence-corrected chi connectivity index (χ2v) is 5.58. The van der Waals surface area contributed by atoms with E-state index in [9.17, 15) is 5.11 Å². The van der Waals surface area contributed by atoms with Crippen molar-refractivity contribution in [1.29, 1.82) is 0 Å². The highest BCUT2D eigenvalue weighted by Crippen LogP contribution is 2.39. The summed E-state index contributed by atoms with van der Waals surface area (Å²) in [7, 11) is 0. The van der Waals surface area contributed by atoms with Crippen LogP contribution in [0.15, 0.2) is 18.2 Å². The third-order valence-electron chi connectivity index (χ3n) is 3.79. The topological polar surface area (TPSA) is 32.3 Å². The lowest BCUT2D eigenvalue weighted by Crippen LogP contribution is -2.30. The maximum absolute atomic E-state index is 9.48. The van der Waals surface area contributed by atoms with Gasteiger partial charge in [0.25, 0.3) is 0 Å². The van der Waals surface area contributed by atoms with E-state index in [1.165, 1.54) is 19.3 Å². The summed E-state index contributed by atoms with van der Waals surface area (Å²) in [5, 5.41) is 13.1. The molecular weight excluding hydrogens is 198 g/mol. The summed E-state index contributed by atoms with van der Waals surface area (Å²) < 4.78 is 0. The fourth-order valence-electron chi connectivity index (χ4n) is 2.54. The summed E-state index contributed by atoms with van der Waals surface area (Å²) in [5.41, 5.74) is 2.43. The smallest absolute Gasteiger partial charge is 0.118 e. The fourth-order valence-corrected chi connectivity index (χ4v) is 2.54. The molecule has 1 aliphatic rings. The normalized spacial score (nSPS) is 23.3. The van der Waals surface area contributed by atoms with Gasteiger partial charge in [0.05, 0.1) is 0 Å². The number of aryl methyl sites for hydroxylation is 1. The van der Waals surface area contributed by atoms with Crippen molar-refractivity contribution in [2.75, 3.05) is 5.32 Å². The van der Waals surface area contributed by atoms with Gasteiger partial charge in [0.15, 0.2) is 0 Å². The molecule has 1 fully saturated rings. The predicted octanol–water partition coefficient (Wildman–Crippen LogP) is 3.69. The van der Waals surface area contributed by atoms with E-state index in [0.717, 1.165) is 11.3 Å². The van der Waals surface area contributed by atoms with Crippen LogP contribution in [0.4, 0.5) is 5.69 Å². The first-order chi connectivity index (χ1) is 7.49. The van der Waals surface area contributed by atoms with Crippen molar-refractivity contribution >= 4 is 5.69 Å². The molecule has 2 heteroatoms. The molecule has 0 aromatic heterocycles. The molecule has 88 valence electrons. The molecule has 0 aliphatic heterocycles. The minimum atomic E-state index is 0.372. The van der Waals surface area contributed by atoms with E-state index < -0.39 is 0 Å². The molecule has 16 heavy (non-hydrogen) atoms. The van der Waals surface area contributed by atoms with Gasteiger partial charge < -0.3 is 10.4 Å². The van der Waals surface area contributed by atoms with Crippen LogP contribution in [-0.4, -0.2) is 11.1 Å². The van der Waals surface area contributed by atoms with E-state index in [2.05, 4.69) is 19.2 Å². The SMILES string of the molecule is Cc1cc(NC2CCCC2(C)C)ccc1O. The van der Waals surface area contributed by atoms with Gasteiger partial charge in [-0.3, -0.25) is 0 Å². The average Bonchev–Trinajstić information content (AvgIpc) is 2.52. The number of benzene rings is 1. The summed E-state index contributed by atoms with van der Waals surface area (Å²) in [6, 6.07) is 6.29. The highest BCUT2D eigenvalue weighted by Gasteiger charge is 2.34. The third-order valence-corrected chi connectivity index (χ3v) is 3.79. The zero-order valence-electron chi connectivity index (χ0n) is 10.4. The van der Waals surface area contributed by atoms with Crippen LogP contribution < -0.4 is 5.32 Å². The highest BCUT2D eigenvalue weighted by molar-refractivity contribution is 5.51. The lowest BCUT2D eigenvalue weighted by Gasteiger charge is -2.28. The Labute approximate surface area is 97.7 Å². The van der Waals surface area contributed by atoms with E-state index in [1.54, 1.807) is 6.07 Å². The van der Waals surface area contributed by atoms with Gasteiger partial charge in [-0.2, -0.15) is 0 Å². The Bertz CT molecular complexity index is 384. The van der Waals surface area contributed by atoms with Gasteiger partial charge in [-0.05, 0) is 48.9 Å². The molecule has 1 aromatic carbocycles. The van der Waals surface area contributed by atoms with Crippen molar-refractivity contribution in [3.8, 4) is 5.75 Å². The van der Waals surface area contributed by atoms with Crippen molar-refractivity contribution in [2.45, 2.75) is 46.1 Å². The molecule has 0 spiro atoms. The number of phenols is 1. The van der Waals surface area contributed by atoms with Gasteiger partial charge in [0.1, 0.15) is 5.75 Å². The van der Waals surface area contributed by atoms with Crippen LogP contribution in [0, 0.1) is 12.3 Å². The standard InChI is InChI=1S/C14H21NO/c1-10-9-11(6-7-12(10)16)15-13-5-4-8-14(13,2)3/h6-7,9,13,15-16H,4-5,8H2,1-3H3. The Morgan fingerprint density at radius 1 is 1.38 bits per heavy atom. The Hall–Kier alpha value is -1.18. The molecule has 1 unspecified atom stereocenters. The molecule has 0 radical (unpaired) electrons. The molecule has 1 saturated carbocycles. The number of aromatic hydroxyl groups is 1. The quantitative estimate of drug-likeness (QED) is 0.743. The third kappa shape index (κ3) is 2.16. The van der Waals surface area contributed by atoms with E-state index in [1.807, 2.05) is 19.1 Å². The van der Waals surface area contributed by atoms with Crippen molar-refractivity contribution < 1.29 is 5.11 Å². The number of phenolic OH excluding ortho intramolecular Hbond substituents is 1. The van der Waals surface area contributed by atoms with Gasteiger partial charge in [0.2, 0.25) is 0 Å². The minimum Gasteiger partial charge on any atom is -0.508 e. The van der Waals surface area contributed by atoms with Crippen molar-refractivity contribution in [3.63, 3.8) is 0 Å². The van der Waals surface area contributed by atoms with Gasteiger partial charge in [-0.1, -0.05) is 20.3 Å². The zero-order chi connectivity index (χ0) is 11.8. The second kappa shape index (κ2) is 4.00. The van der Waals surface area contributed by atoms with Crippen LogP contribution >= 0.6 is 0 Å². The molecule has 1 atom stereocenters. The van der Waals surface area contributed by atoms with Crippen molar-refractivity contribution in [1.82, 2.24) is 0 Å². The lowest BCUT2D eigenvalue weighted by atomic mass is 9.87. The Balaban J connectivity index is 2.12. The van der Waals surface area contributed by atoms with Crippen molar-refractivity contribution in [2.24, 2.45) is 5.41 Å². The first-order valence-corrected chi connectivity index (χ1v) is 6.05. The maximum atomic E-state index is 9.48. The number of hydrogen-bond acceptors (Lipinski definition) is 2. The van der Waals surface area contributed by atoms with Gasteiger partial charge >= 0.3 is 0 Å². The molecular formula is C14H21NO. The van der Waals surface area contributed by atoms with E-state index in [4.69, 9.17) is 0 Å². The maximum Gasteiger partial charge on any atom is 0.118 e. The number of hydrogen-bond donors (Lipinski definition) is 2. The van der Waals surface area contributed by atoms with Crippen LogP contribution in [-0.2, 0) is 0 Å².